The Balaban J connectivity index is 0.000000240. The van der Waals surface area contributed by atoms with Crippen LogP contribution in [0.25, 0.3) is 0 Å². The molecule has 108 valence electrons. The van der Waals surface area contributed by atoms with Crippen molar-refractivity contribution < 1.29 is 0 Å². The number of benzene rings is 2. The maximum absolute atomic E-state index is 5.77. The van der Waals surface area contributed by atoms with Crippen molar-refractivity contribution in [1.82, 2.24) is 0 Å². The van der Waals surface area contributed by atoms with Crippen LogP contribution in [0.2, 0.25) is 0 Å². The molecule has 0 aromatic heterocycles. The first-order valence-electron chi connectivity index (χ1n) is 7.33. The molecular formula is C19H27N. The lowest BCUT2D eigenvalue weighted by atomic mass is 9.94. The van der Waals surface area contributed by atoms with E-state index in [9.17, 15) is 0 Å². The maximum atomic E-state index is 5.77. The summed E-state index contributed by atoms with van der Waals surface area (Å²) in [5.41, 5.74) is 9.82. The monoisotopic (exact) mass is 269 g/mol. The first-order valence-corrected chi connectivity index (χ1v) is 7.33. The first kappa shape index (κ1) is 16.5. The van der Waals surface area contributed by atoms with Crippen molar-refractivity contribution in [2.75, 3.05) is 0 Å². The summed E-state index contributed by atoms with van der Waals surface area (Å²) < 4.78 is 0. The van der Waals surface area contributed by atoms with Crippen molar-refractivity contribution in [1.29, 1.82) is 0 Å². The third kappa shape index (κ3) is 6.53. The highest BCUT2D eigenvalue weighted by Gasteiger charge is 2.07. The summed E-state index contributed by atoms with van der Waals surface area (Å²) in [7, 11) is 0. The number of hydrogen-bond donors (Lipinski definition) is 1. The molecule has 1 heteroatoms. The van der Waals surface area contributed by atoms with Crippen molar-refractivity contribution in [3.63, 3.8) is 0 Å². The molecule has 0 aliphatic carbocycles. The summed E-state index contributed by atoms with van der Waals surface area (Å²) in [5.74, 6) is 0.569. The molecular weight excluding hydrogens is 242 g/mol. The zero-order chi connectivity index (χ0) is 15.0. The smallest absolute Gasteiger partial charge is 0.00162 e. The van der Waals surface area contributed by atoms with Crippen LogP contribution >= 0.6 is 0 Å². The lowest BCUT2D eigenvalue weighted by Crippen LogP contribution is -2.17. The molecule has 2 unspecified atom stereocenters. The Morgan fingerprint density at radius 3 is 1.90 bits per heavy atom. The Morgan fingerprint density at radius 1 is 0.850 bits per heavy atom. The van der Waals surface area contributed by atoms with Gasteiger partial charge in [0.1, 0.15) is 0 Å². The van der Waals surface area contributed by atoms with Gasteiger partial charge in [-0.1, -0.05) is 72.6 Å². The molecule has 0 saturated carbocycles. The number of nitrogens with two attached hydrogens (primary N) is 1. The maximum Gasteiger partial charge on any atom is 0.00162 e. The fraction of sp³-hybridized carbons (Fsp3) is 0.368. The van der Waals surface area contributed by atoms with Crippen LogP contribution in [0.4, 0.5) is 0 Å². The van der Waals surface area contributed by atoms with Crippen LogP contribution in [0.5, 0.6) is 0 Å². The van der Waals surface area contributed by atoms with Gasteiger partial charge in [0.05, 0.1) is 0 Å². The Hall–Kier alpha value is -1.60. The molecule has 0 saturated heterocycles. The molecule has 0 aliphatic heterocycles. The van der Waals surface area contributed by atoms with Gasteiger partial charge in [0.2, 0.25) is 0 Å². The highest BCUT2D eigenvalue weighted by atomic mass is 14.6. The zero-order valence-electron chi connectivity index (χ0n) is 13.1. The SMILES string of the molecule is Cc1cccc(C(C)CC(C)N)c1.Cc1ccccc1. The van der Waals surface area contributed by atoms with E-state index >= 15 is 0 Å². The van der Waals surface area contributed by atoms with Crippen LogP contribution in [-0.4, -0.2) is 6.04 Å². The number of rotatable bonds is 3. The zero-order valence-corrected chi connectivity index (χ0v) is 13.1. The standard InChI is InChI=1S/C12H19N.C7H8/c1-9-5-4-6-12(7-9)10(2)8-11(3)13;1-7-5-3-2-4-6-7/h4-7,10-11H,8,13H2,1-3H3;2-6H,1H3. The summed E-state index contributed by atoms with van der Waals surface area (Å²) >= 11 is 0. The van der Waals surface area contributed by atoms with Crippen LogP contribution in [0.1, 0.15) is 42.9 Å². The minimum atomic E-state index is 0.288. The Labute approximate surface area is 123 Å². The van der Waals surface area contributed by atoms with Gasteiger partial charge in [-0.05, 0) is 38.7 Å². The van der Waals surface area contributed by atoms with Gasteiger partial charge in [-0.2, -0.15) is 0 Å². The van der Waals surface area contributed by atoms with Crippen LogP contribution in [0.15, 0.2) is 54.6 Å². The quantitative estimate of drug-likeness (QED) is 0.848. The van der Waals surface area contributed by atoms with Crippen LogP contribution < -0.4 is 5.73 Å². The second kappa shape index (κ2) is 8.55. The van der Waals surface area contributed by atoms with Crippen molar-refractivity contribution in [3.8, 4) is 0 Å². The van der Waals surface area contributed by atoms with Crippen LogP contribution in [-0.2, 0) is 0 Å². The van der Waals surface area contributed by atoms with Gasteiger partial charge in [-0.25, -0.2) is 0 Å². The average Bonchev–Trinajstić information content (AvgIpc) is 2.39. The van der Waals surface area contributed by atoms with E-state index in [0.717, 1.165) is 6.42 Å². The van der Waals surface area contributed by atoms with Gasteiger partial charge >= 0.3 is 0 Å². The van der Waals surface area contributed by atoms with Crippen molar-refractivity contribution in [2.45, 2.75) is 46.1 Å². The summed E-state index contributed by atoms with van der Waals surface area (Å²) in [6.07, 6.45) is 1.06. The molecule has 0 aliphatic rings. The number of hydrogen-bond acceptors (Lipinski definition) is 1. The van der Waals surface area contributed by atoms with Gasteiger partial charge in [0.25, 0.3) is 0 Å². The third-order valence-corrected chi connectivity index (χ3v) is 3.28. The summed E-state index contributed by atoms with van der Waals surface area (Å²) in [5, 5.41) is 0. The second-order valence-corrected chi connectivity index (χ2v) is 5.68. The van der Waals surface area contributed by atoms with Crippen molar-refractivity contribution in [3.05, 3.63) is 71.3 Å². The van der Waals surface area contributed by atoms with Crippen LogP contribution in [0.3, 0.4) is 0 Å². The van der Waals surface area contributed by atoms with E-state index < -0.39 is 0 Å². The summed E-state index contributed by atoms with van der Waals surface area (Å²) in [4.78, 5) is 0. The van der Waals surface area contributed by atoms with E-state index in [0.29, 0.717) is 5.92 Å². The topological polar surface area (TPSA) is 26.0 Å². The molecule has 0 radical (unpaired) electrons. The molecule has 0 heterocycles. The van der Waals surface area contributed by atoms with E-state index in [1.807, 2.05) is 18.2 Å². The molecule has 2 aromatic carbocycles. The van der Waals surface area contributed by atoms with Gasteiger partial charge in [-0.3, -0.25) is 0 Å². The molecule has 0 spiro atoms. The van der Waals surface area contributed by atoms with Gasteiger partial charge in [-0.15, -0.1) is 0 Å². The lowest BCUT2D eigenvalue weighted by Gasteiger charge is -2.14. The van der Waals surface area contributed by atoms with Crippen LogP contribution in [0, 0.1) is 13.8 Å². The molecule has 1 nitrogen and oxygen atoms in total. The number of aryl methyl sites for hydroxylation is 2. The summed E-state index contributed by atoms with van der Waals surface area (Å²) in [6.45, 7) is 8.51. The normalized spacial score (nSPS) is 13.1. The molecule has 2 atom stereocenters. The minimum absolute atomic E-state index is 0.288. The van der Waals surface area contributed by atoms with E-state index in [4.69, 9.17) is 5.73 Å². The van der Waals surface area contributed by atoms with E-state index in [1.54, 1.807) is 0 Å². The van der Waals surface area contributed by atoms with Crippen molar-refractivity contribution >= 4 is 0 Å². The Bertz CT molecular complexity index is 488. The van der Waals surface area contributed by atoms with E-state index in [-0.39, 0.29) is 6.04 Å². The third-order valence-electron chi connectivity index (χ3n) is 3.28. The molecule has 2 rings (SSSR count). The molecule has 20 heavy (non-hydrogen) atoms. The minimum Gasteiger partial charge on any atom is -0.328 e. The molecule has 2 aromatic rings. The fourth-order valence-electron chi connectivity index (χ4n) is 2.20. The first-order chi connectivity index (χ1) is 9.49. The fourth-order valence-corrected chi connectivity index (χ4v) is 2.20. The highest BCUT2D eigenvalue weighted by Crippen LogP contribution is 2.20. The van der Waals surface area contributed by atoms with Crippen molar-refractivity contribution in [2.24, 2.45) is 5.73 Å². The molecule has 2 N–H and O–H groups in total. The molecule has 0 fully saturated rings. The Morgan fingerprint density at radius 2 is 1.45 bits per heavy atom. The van der Waals surface area contributed by atoms with E-state index in [2.05, 4.69) is 64.1 Å². The average molecular weight is 269 g/mol. The predicted molar refractivity (Wildman–Crippen MR) is 89.0 cm³/mol. The second-order valence-electron chi connectivity index (χ2n) is 5.68. The van der Waals surface area contributed by atoms with Gasteiger partial charge in [0.15, 0.2) is 0 Å². The summed E-state index contributed by atoms with van der Waals surface area (Å²) in [6, 6.07) is 19.2. The lowest BCUT2D eigenvalue weighted by molar-refractivity contribution is 0.586. The largest absolute Gasteiger partial charge is 0.328 e. The van der Waals surface area contributed by atoms with Gasteiger partial charge < -0.3 is 5.73 Å². The molecule has 0 amide bonds. The predicted octanol–water partition coefficient (Wildman–Crippen LogP) is 4.83. The van der Waals surface area contributed by atoms with E-state index in [1.165, 1.54) is 16.7 Å². The highest BCUT2D eigenvalue weighted by molar-refractivity contribution is 5.25. The molecule has 0 bridgehead atoms. The van der Waals surface area contributed by atoms with Gasteiger partial charge in [0, 0.05) is 6.04 Å². The Kier molecular flexibility index (Phi) is 7.03.